The molecule has 0 fully saturated rings. The van der Waals surface area contributed by atoms with Gasteiger partial charge in [-0.1, -0.05) is 127 Å². The molecule has 0 aliphatic heterocycles. The van der Waals surface area contributed by atoms with Gasteiger partial charge in [0.1, 0.15) is 0 Å². The Kier molecular flexibility index (Phi) is 8.47. The van der Waals surface area contributed by atoms with E-state index >= 15 is 0 Å². The highest BCUT2D eigenvalue weighted by Gasteiger charge is 2.10. The monoisotopic (exact) mass is 556 g/mol. The van der Waals surface area contributed by atoms with Crippen LogP contribution < -0.4 is 10.2 Å². The number of allylic oxidation sites excluding steroid dienone is 3. The highest BCUT2D eigenvalue weighted by Crippen LogP contribution is 2.30. The molecule has 0 bridgehead atoms. The predicted molar refractivity (Wildman–Crippen MR) is 186 cm³/mol. The number of benzene rings is 6. The molecule has 2 nitrogen and oxygen atoms in total. The maximum absolute atomic E-state index is 3.63. The maximum atomic E-state index is 3.63. The molecule has 0 amide bonds. The lowest BCUT2D eigenvalue weighted by Crippen LogP contribution is -2.09. The fraction of sp³-hybridized carbons (Fsp3) is 0.0732. The molecule has 0 aromatic heterocycles. The van der Waals surface area contributed by atoms with Gasteiger partial charge in [-0.3, -0.25) is 0 Å². The third-order valence-corrected chi connectivity index (χ3v) is 7.85. The summed E-state index contributed by atoms with van der Waals surface area (Å²) in [6, 6.07) is 51.2. The molecule has 6 aromatic rings. The molecule has 0 unspecified atom stereocenters. The van der Waals surface area contributed by atoms with Gasteiger partial charge in [-0.2, -0.15) is 0 Å². The average molecular weight is 557 g/mol. The fourth-order valence-corrected chi connectivity index (χ4v) is 5.49. The molecule has 0 saturated heterocycles. The second-order valence-electron chi connectivity index (χ2n) is 10.8. The quantitative estimate of drug-likeness (QED) is 0.227. The summed E-state index contributed by atoms with van der Waals surface area (Å²) < 4.78 is 0. The Hall–Kier alpha value is -5.34. The van der Waals surface area contributed by atoms with Crippen LogP contribution in [0.15, 0.2) is 164 Å². The minimum absolute atomic E-state index is 0.980. The summed E-state index contributed by atoms with van der Waals surface area (Å²) in [5.41, 5.74) is 11.1. The molecule has 1 aliphatic rings. The zero-order valence-electron chi connectivity index (χ0n) is 24.7. The van der Waals surface area contributed by atoms with Crippen LogP contribution in [0.25, 0.3) is 27.6 Å². The number of anilines is 3. The maximum Gasteiger partial charge on any atom is 0.0464 e. The summed E-state index contributed by atoms with van der Waals surface area (Å²) in [7, 11) is 2.10. The number of aryl methyl sites for hydroxylation is 1. The first-order valence-electron chi connectivity index (χ1n) is 14.8. The van der Waals surface area contributed by atoms with E-state index in [1.54, 1.807) is 0 Å². The van der Waals surface area contributed by atoms with Crippen molar-refractivity contribution in [3.63, 3.8) is 0 Å². The van der Waals surface area contributed by atoms with Gasteiger partial charge in [0.25, 0.3) is 0 Å². The molecule has 7 rings (SSSR count). The van der Waals surface area contributed by atoms with Gasteiger partial charge in [-0.05, 0) is 77.4 Å². The minimum Gasteiger partial charge on any atom is -0.355 e. The molecule has 0 spiro atoms. The van der Waals surface area contributed by atoms with Crippen LogP contribution in [-0.2, 0) is 6.42 Å². The van der Waals surface area contributed by atoms with E-state index in [9.17, 15) is 0 Å². The van der Waals surface area contributed by atoms with Crippen molar-refractivity contribution in [2.75, 3.05) is 17.3 Å². The molecule has 43 heavy (non-hydrogen) atoms. The summed E-state index contributed by atoms with van der Waals surface area (Å²) in [6.07, 6.45) is 7.48. The Morgan fingerprint density at radius 1 is 0.605 bits per heavy atom. The van der Waals surface area contributed by atoms with E-state index < -0.39 is 0 Å². The smallest absolute Gasteiger partial charge is 0.0464 e. The van der Waals surface area contributed by atoms with Gasteiger partial charge in [0.05, 0.1) is 0 Å². The van der Waals surface area contributed by atoms with E-state index in [0.29, 0.717) is 0 Å². The summed E-state index contributed by atoms with van der Waals surface area (Å²) in [6.45, 7) is 2.12. The molecule has 2 heteroatoms. The summed E-state index contributed by atoms with van der Waals surface area (Å²) >= 11 is 0. The number of fused-ring (bicyclic) bond motifs is 2. The lowest BCUT2D eigenvalue weighted by atomic mass is 10.0. The van der Waals surface area contributed by atoms with Gasteiger partial charge in [0, 0.05) is 40.8 Å². The molecule has 6 aromatic carbocycles. The van der Waals surface area contributed by atoms with Crippen molar-refractivity contribution in [2.45, 2.75) is 13.3 Å². The van der Waals surface area contributed by atoms with Crippen LogP contribution in [0.3, 0.4) is 0 Å². The predicted octanol–water partition coefficient (Wildman–Crippen LogP) is 10.8. The number of nitrogens with one attached hydrogen (secondary N) is 1. The van der Waals surface area contributed by atoms with Crippen molar-refractivity contribution < 1.29 is 0 Å². The van der Waals surface area contributed by atoms with E-state index in [4.69, 9.17) is 0 Å². The second kappa shape index (κ2) is 13.1. The number of hydrogen-bond acceptors (Lipinski definition) is 2. The molecule has 210 valence electrons. The van der Waals surface area contributed by atoms with Crippen LogP contribution in [-0.4, -0.2) is 7.05 Å². The van der Waals surface area contributed by atoms with Crippen molar-refractivity contribution >= 4 is 33.5 Å². The normalized spacial score (nSPS) is 11.9. The van der Waals surface area contributed by atoms with Gasteiger partial charge in [0.15, 0.2) is 0 Å². The molecule has 0 saturated carbocycles. The second-order valence-corrected chi connectivity index (χ2v) is 10.8. The van der Waals surface area contributed by atoms with E-state index in [1.165, 1.54) is 50.0 Å². The lowest BCUT2D eigenvalue weighted by Gasteiger charge is -2.20. The van der Waals surface area contributed by atoms with E-state index in [-0.39, 0.29) is 0 Å². The van der Waals surface area contributed by atoms with Crippen LogP contribution in [0.1, 0.15) is 16.7 Å². The van der Waals surface area contributed by atoms with E-state index in [0.717, 1.165) is 17.8 Å². The SMILES string of the molecule is C1=CCc2ccccc2C(Nc2cccc3ccccc23)=C1.Cc1cccc(N(C)c2ccc(-c3ccccc3)cc2)c1. The molecule has 0 radical (unpaired) electrons. The highest BCUT2D eigenvalue weighted by molar-refractivity contribution is 5.97. The Morgan fingerprint density at radius 3 is 2.14 bits per heavy atom. The van der Waals surface area contributed by atoms with Crippen LogP contribution in [0.4, 0.5) is 17.1 Å². The molecule has 1 aliphatic carbocycles. The van der Waals surface area contributed by atoms with Crippen LogP contribution in [0, 0.1) is 6.92 Å². The largest absolute Gasteiger partial charge is 0.355 e. The zero-order chi connectivity index (χ0) is 29.4. The molecular formula is C41H36N2. The van der Waals surface area contributed by atoms with Gasteiger partial charge in [-0.15, -0.1) is 0 Å². The summed E-state index contributed by atoms with van der Waals surface area (Å²) in [5.74, 6) is 0. The third kappa shape index (κ3) is 6.60. The van der Waals surface area contributed by atoms with Crippen molar-refractivity contribution in [3.8, 4) is 11.1 Å². The van der Waals surface area contributed by atoms with Gasteiger partial charge in [0.2, 0.25) is 0 Å². The number of rotatable bonds is 5. The summed E-state index contributed by atoms with van der Waals surface area (Å²) in [4.78, 5) is 2.21. The van der Waals surface area contributed by atoms with E-state index in [2.05, 4.69) is 182 Å². The standard InChI is InChI=1S/C21H17N.C20H19N/c1-4-12-18-16(8-1)10-3-6-14-20(18)22-21-15-7-11-17-9-2-5-13-19(17)21;1-16-7-6-10-20(15-16)21(2)19-13-11-18(12-14-19)17-8-4-3-5-9-17/h1-9,11-15,22H,10H2;3-15H,1-2H3. The molecule has 0 heterocycles. The Labute approximate surface area is 255 Å². The Bertz CT molecular complexity index is 1880. The number of nitrogens with zero attached hydrogens (tertiary/aromatic N) is 1. The van der Waals surface area contributed by atoms with Crippen molar-refractivity contribution in [1.82, 2.24) is 0 Å². The van der Waals surface area contributed by atoms with E-state index in [1.807, 2.05) is 6.07 Å². The summed E-state index contributed by atoms with van der Waals surface area (Å²) in [5, 5.41) is 6.13. The van der Waals surface area contributed by atoms with Gasteiger partial charge < -0.3 is 10.2 Å². The highest BCUT2D eigenvalue weighted by atomic mass is 15.1. The topological polar surface area (TPSA) is 15.3 Å². The van der Waals surface area contributed by atoms with Crippen molar-refractivity contribution in [2.24, 2.45) is 0 Å². The average Bonchev–Trinajstić information content (AvgIpc) is 3.27. The zero-order valence-corrected chi connectivity index (χ0v) is 24.7. The first kappa shape index (κ1) is 27.8. The van der Waals surface area contributed by atoms with Crippen LogP contribution >= 0.6 is 0 Å². The molecule has 1 N–H and O–H groups in total. The van der Waals surface area contributed by atoms with Gasteiger partial charge in [-0.25, -0.2) is 0 Å². The Balaban J connectivity index is 0.000000153. The van der Waals surface area contributed by atoms with Crippen LogP contribution in [0.2, 0.25) is 0 Å². The fourth-order valence-electron chi connectivity index (χ4n) is 5.49. The lowest BCUT2D eigenvalue weighted by molar-refractivity contribution is 1.20. The van der Waals surface area contributed by atoms with Crippen molar-refractivity contribution in [3.05, 3.63) is 181 Å². The van der Waals surface area contributed by atoms with Crippen molar-refractivity contribution in [1.29, 1.82) is 0 Å². The minimum atomic E-state index is 0.980. The number of hydrogen-bond donors (Lipinski definition) is 1. The van der Waals surface area contributed by atoms with Crippen LogP contribution in [0.5, 0.6) is 0 Å². The first-order chi connectivity index (χ1) is 21.2. The Morgan fingerprint density at radius 2 is 1.30 bits per heavy atom. The first-order valence-corrected chi connectivity index (χ1v) is 14.8. The third-order valence-electron chi connectivity index (χ3n) is 7.85. The molecule has 0 atom stereocenters. The van der Waals surface area contributed by atoms with Gasteiger partial charge >= 0.3 is 0 Å². The molecular weight excluding hydrogens is 520 g/mol.